The van der Waals surface area contributed by atoms with Crippen LogP contribution in [0.15, 0.2) is 68.2 Å². The third kappa shape index (κ3) is 1.89. The first-order valence-corrected chi connectivity index (χ1v) is 6.86. The van der Waals surface area contributed by atoms with Gasteiger partial charge in [-0.05, 0) is 24.3 Å². The summed E-state index contributed by atoms with van der Waals surface area (Å²) in [5, 5.41) is 1.15. The van der Waals surface area contributed by atoms with E-state index in [0.29, 0.717) is 28.1 Å². The van der Waals surface area contributed by atoms with E-state index >= 15 is 0 Å². The topological polar surface area (TPSA) is 52.6 Å². The predicted molar refractivity (Wildman–Crippen MR) is 84.2 cm³/mol. The van der Waals surface area contributed by atoms with E-state index < -0.39 is 5.63 Å². The normalized spacial score (nSPS) is 11.1. The van der Waals surface area contributed by atoms with E-state index in [1.54, 1.807) is 31.4 Å². The Bertz CT molecular complexity index is 1030. The van der Waals surface area contributed by atoms with Gasteiger partial charge in [0.15, 0.2) is 5.58 Å². The molecule has 0 atom stereocenters. The molecule has 0 aliphatic carbocycles. The van der Waals surface area contributed by atoms with Crippen molar-refractivity contribution < 1.29 is 13.6 Å². The number of fused-ring (bicyclic) bond motifs is 3. The van der Waals surface area contributed by atoms with Crippen LogP contribution >= 0.6 is 0 Å². The zero-order chi connectivity index (χ0) is 15.1. The van der Waals surface area contributed by atoms with Gasteiger partial charge in [0, 0.05) is 5.56 Å². The van der Waals surface area contributed by atoms with Crippen LogP contribution in [0.25, 0.3) is 33.3 Å². The van der Waals surface area contributed by atoms with Gasteiger partial charge in [0.25, 0.3) is 0 Å². The standard InChI is InChI=1S/C18H12O4/c1-20-12-7-8-15-13(9-12)17-14(18(19)22-15)10-16(21-17)11-5-3-2-4-6-11/h2-10H,1H3. The van der Waals surface area contributed by atoms with Crippen molar-refractivity contribution in [1.29, 1.82) is 0 Å². The zero-order valence-corrected chi connectivity index (χ0v) is 11.8. The highest BCUT2D eigenvalue weighted by atomic mass is 16.5. The van der Waals surface area contributed by atoms with E-state index in [2.05, 4.69) is 0 Å². The molecule has 4 nitrogen and oxygen atoms in total. The highest BCUT2D eigenvalue weighted by molar-refractivity contribution is 6.02. The summed E-state index contributed by atoms with van der Waals surface area (Å²) in [5.74, 6) is 1.32. The van der Waals surface area contributed by atoms with Crippen LogP contribution in [-0.2, 0) is 0 Å². The smallest absolute Gasteiger partial charge is 0.347 e. The minimum Gasteiger partial charge on any atom is -0.497 e. The number of hydrogen-bond acceptors (Lipinski definition) is 4. The molecule has 0 amide bonds. The molecular weight excluding hydrogens is 280 g/mol. The maximum atomic E-state index is 12.1. The van der Waals surface area contributed by atoms with Gasteiger partial charge in [-0.25, -0.2) is 4.79 Å². The predicted octanol–water partition coefficient (Wildman–Crippen LogP) is 4.21. The Morgan fingerprint density at radius 3 is 2.50 bits per heavy atom. The van der Waals surface area contributed by atoms with Gasteiger partial charge < -0.3 is 13.6 Å². The van der Waals surface area contributed by atoms with Crippen LogP contribution in [0.3, 0.4) is 0 Å². The molecule has 2 aromatic carbocycles. The molecule has 0 radical (unpaired) electrons. The molecular formula is C18H12O4. The quantitative estimate of drug-likeness (QED) is 0.519. The fourth-order valence-corrected chi connectivity index (χ4v) is 2.54. The van der Waals surface area contributed by atoms with E-state index in [-0.39, 0.29) is 0 Å². The van der Waals surface area contributed by atoms with Gasteiger partial charge in [0.1, 0.15) is 22.5 Å². The molecule has 4 rings (SSSR count). The first kappa shape index (κ1) is 12.7. The highest BCUT2D eigenvalue weighted by Crippen LogP contribution is 2.32. The molecule has 108 valence electrons. The molecule has 2 heterocycles. The Morgan fingerprint density at radius 2 is 1.73 bits per heavy atom. The van der Waals surface area contributed by atoms with E-state index in [9.17, 15) is 4.79 Å². The maximum Gasteiger partial charge on any atom is 0.347 e. The molecule has 4 aromatic rings. The van der Waals surface area contributed by atoms with Crippen LogP contribution in [0.1, 0.15) is 0 Å². The minimum atomic E-state index is -0.404. The van der Waals surface area contributed by atoms with E-state index in [1.165, 1.54) is 0 Å². The molecule has 22 heavy (non-hydrogen) atoms. The van der Waals surface area contributed by atoms with Gasteiger partial charge in [0.2, 0.25) is 0 Å². The lowest BCUT2D eigenvalue weighted by molar-refractivity contribution is 0.415. The largest absolute Gasteiger partial charge is 0.497 e. The van der Waals surface area contributed by atoms with Gasteiger partial charge in [-0.2, -0.15) is 0 Å². The van der Waals surface area contributed by atoms with Crippen molar-refractivity contribution in [3.63, 3.8) is 0 Å². The average molecular weight is 292 g/mol. The number of hydrogen-bond donors (Lipinski definition) is 0. The molecule has 0 bridgehead atoms. The fourth-order valence-electron chi connectivity index (χ4n) is 2.54. The van der Waals surface area contributed by atoms with Crippen LogP contribution in [-0.4, -0.2) is 7.11 Å². The second-order valence-corrected chi connectivity index (χ2v) is 4.97. The third-order valence-corrected chi connectivity index (χ3v) is 3.64. The molecule has 0 saturated heterocycles. The SMILES string of the molecule is COc1ccc2oc(=O)c3cc(-c4ccccc4)oc3c2c1. The number of benzene rings is 2. The van der Waals surface area contributed by atoms with Crippen molar-refractivity contribution in [2.24, 2.45) is 0 Å². The van der Waals surface area contributed by atoms with Crippen molar-refractivity contribution in [2.45, 2.75) is 0 Å². The first-order valence-electron chi connectivity index (χ1n) is 6.86. The first-order chi connectivity index (χ1) is 10.8. The minimum absolute atomic E-state index is 0.404. The Kier molecular flexibility index (Phi) is 2.76. The second-order valence-electron chi connectivity index (χ2n) is 4.97. The number of rotatable bonds is 2. The van der Waals surface area contributed by atoms with Gasteiger partial charge in [-0.15, -0.1) is 0 Å². The Balaban J connectivity index is 2.07. The molecule has 0 aliphatic rings. The van der Waals surface area contributed by atoms with Gasteiger partial charge in [0.05, 0.1) is 12.5 Å². The van der Waals surface area contributed by atoms with Crippen LogP contribution in [0, 0.1) is 0 Å². The summed E-state index contributed by atoms with van der Waals surface area (Å²) in [6.45, 7) is 0. The summed E-state index contributed by atoms with van der Waals surface area (Å²) in [6.07, 6.45) is 0. The second kappa shape index (κ2) is 4.77. The number of furan rings is 1. The molecule has 2 aromatic heterocycles. The molecule has 0 aliphatic heterocycles. The Hall–Kier alpha value is -3.01. The lowest BCUT2D eigenvalue weighted by Gasteiger charge is -2.01. The molecule has 0 fully saturated rings. The molecule has 0 N–H and O–H groups in total. The molecule has 0 spiro atoms. The van der Waals surface area contributed by atoms with E-state index in [0.717, 1.165) is 10.9 Å². The van der Waals surface area contributed by atoms with Crippen molar-refractivity contribution in [3.05, 3.63) is 65.0 Å². The van der Waals surface area contributed by atoms with Crippen LogP contribution in [0.2, 0.25) is 0 Å². The van der Waals surface area contributed by atoms with Gasteiger partial charge >= 0.3 is 5.63 Å². The fraction of sp³-hybridized carbons (Fsp3) is 0.0556. The summed E-state index contributed by atoms with van der Waals surface area (Å²) in [6, 6.07) is 16.6. The zero-order valence-electron chi connectivity index (χ0n) is 11.8. The van der Waals surface area contributed by atoms with Crippen LogP contribution in [0.4, 0.5) is 0 Å². The Morgan fingerprint density at radius 1 is 0.909 bits per heavy atom. The van der Waals surface area contributed by atoms with Crippen molar-refractivity contribution in [1.82, 2.24) is 0 Å². The van der Waals surface area contributed by atoms with Crippen LogP contribution in [0.5, 0.6) is 5.75 Å². The van der Waals surface area contributed by atoms with Crippen molar-refractivity contribution in [3.8, 4) is 17.1 Å². The summed E-state index contributed by atoms with van der Waals surface area (Å²) in [4.78, 5) is 12.1. The van der Waals surface area contributed by atoms with Gasteiger partial charge in [-0.3, -0.25) is 0 Å². The lowest BCUT2D eigenvalue weighted by atomic mass is 10.1. The third-order valence-electron chi connectivity index (χ3n) is 3.64. The molecule has 4 heteroatoms. The highest BCUT2D eigenvalue weighted by Gasteiger charge is 2.15. The average Bonchev–Trinajstić information content (AvgIpc) is 3.02. The summed E-state index contributed by atoms with van der Waals surface area (Å²) >= 11 is 0. The monoisotopic (exact) mass is 292 g/mol. The molecule has 0 unspecified atom stereocenters. The summed E-state index contributed by atoms with van der Waals surface area (Å²) in [7, 11) is 1.59. The number of methoxy groups -OCH3 is 1. The van der Waals surface area contributed by atoms with Crippen molar-refractivity contribution in [2.75, 3.05) is 7.11 Å². The van der Waals surface area contributed by atoms with Gasteiger partial charge in [-0.1, -0.05) is 30.3 Å². The number of ether oxygens (including phenoxy) is 1. The van der Waals surface area contributed by atoms with Crippen molar-refractivity contribution >= 4 is 21.9 Å². The van der Waals surface area contributed by atoms with E-state index in [4.69, 9.17) is 13.6 Å². The lowest BCUT2D eigenvalue weighted by Crippen LogP contribution is -1.97. The Labute approximate surface area is 125 Å². The molecule has 0 saturated carbocycles. The van der Waals surface area contributed by atoms with E-state index in [1.807, 2.05) is 30.3 Å². The summed E-state index contributed by atoms with van der Waals surface area (Å²) < 4.78 is 16.5. The van der Waals surface area contributed by atoms with Crippen LogP contribution < -0.4 is 10.4 Å². The maximum absolute atomic E-state index is 12.1. The summed E-state index contributed by atoms with van der Waals surface area (Å²) in [5.41, 5.74) is 1.50.